The van der Waals surface area contributed by atoms with Crippen molar-refractivity contribution in [3.05, 3.63) is 59.7 Å². The first-order chi connectivity index (χ1) is 9.24. The number of fused-ring (bicyclic) bond motifs is 1. The van der Waals surface area contributed by atoms with Crippen LogP contribution in [-0.4, -0.2) is 16.7 Å². The number of aliphatic hydroxyl groups excluding tert-OH is 1. The molecule has 98 valence electrons. The number of rotatable bonds is 2. The van der Waals surface area contributed by atoms with Gasteiger partial charge in [-0.3, -0.25) is 4.98 Å². The van der Waals surface area contributed by atoms with E-state index in [4.69, 9.17) is 4.74 Å². The Hall–Kier alpha value is -1.94. The van der Waals surface area contributed by atoms with Crippen LogP contribution in [0.15, 0.2) is 42.7 Å². The maximum atomic E-state index is 13.1. The quantitative estimate of drug-likeness (QED) is 0.901. The molecule has 1 aliphatic rings. The number of para-hydroxylation sites is 1. The van der Waals surface area contributed by atoms with Gasteiger partial charge in [-0.2, -0.15) is 0 Å². The standard InChI is InChI=1S/C15H14FNO2/c16-13-6-11(7-17-8-13)15(18)12-5-10-3-1-2-4-14(10)19-9-12/h1-4,6-8,12,15,18H,5,9H2. The molecule has 1 N–H and O–H groups in total. The van der Waals surface area contributed by atoms with Gasteiger partial charge >= 0.3 is 0 Å². The SMILES string of the molecule is OC(c1cncc(F)c1)C1COc2ccccc2C1. The molecule has 1 aromatic carbocycles. The molecule has 2 unspecified atom stereocenters. The molecular weight excluding hydrogens is 245 g/mol. The summed E-state index contributed by atoms with van der Waals surface area (Å²) in [7, 11) is 0. The molecule has 0 saturated heterocycles. The fraction of sp³-hybridized carbons (Fsp3) is 0.267. The summed E-state index contributed by atoms with van der Waals surface area (Å²) in [4.78, 5) is 3.77. The molecule has 0 spiro atoms. The van der Waals surface area contributed by atoms with Crippen LogP contribution in [0.1, 0.15) is 17.2 Å². The Kier molecular flexibility index (Phi) is 3.17. The fourth-order valence-electron chi connectivity index (χ4n) is 2.42. The van der Waals surface area contributed by atoms with Crippen LogP contribution in [0.4, 0.5) is 4.39 Å². The van der Waals surface area contributed by atoms with Crippen molar-refractivity contribution in [2.75, 3.05) is 6.61 Å². The molecule has 2 atom stereocenters. The van der Waals surface area contributed by atoms with Crippen LogP contribution in [0.25, 0.3) is 0 Å². The highest BCUT2D eigenvalue weighted by Crippen LogP contribution is 2.33. The van der Waals surface area contributed by atoms with E-state index in [9.17, 15) is 9.50 Å². The highest BCUT2D eigenvalue weighted by atomic mass is 19.1. The largest absolute Gasteiger partial charge is 0.493 e. The van der Waals surface area contributed by atoms with E-state index in [0.29, 0.717) is 18.6 Å². The molecule has 0 aliphatic carbocycles. The van der Waals surface area contributed by atoms with E-state index in [1.54, 1.807) is 0 Å². The van der Waals surface area contributed by atoms with Crippen LogP contribution >= 0.6 is 0 Å². The third kappa shape index (κ3) is 2.44. The average molecular weight is 259 g/mol. The second kappa shape index (κ2) is 4.97. The van der Waals surface area contributed by atoms with Crippen molar-refractivity contribution in [3.8, 4) is 5.75 Å². The molecule has 1 aromatic heterocycles. The van der Waals surface area contributed by atoms with Gasteiger partial charge in [0.2, 0.25) is 0 Å². The molecule has 4 heteroatoms. The molecule has 0 bridgehead atoms. The van der Waals surface area contributed by atoms with Crippen molar-refractivity contribution >= 4 is 0 Å². The molecule has 3 rings (SSSR count). The van der Waals surface area contributed by atoms with Crippen LogP contribution in [0.2, 0.25) is 0 Å². The van der Waals surface area contributed by atoms with Gasteiger partial charge in [-0.1, -0.05) is 18.2 Å². The molecule has 1 aliphatic heterocycles. The predicted molar refractivity (Wildman–Crippen MR) is 68.3 cm³/mol. The maximum absolute atomic E-state index is 13.1. The molecular formula is C15H14FNO2. The minimum absolute atomic E-state index is 0.0847. The van der Waals surface area contributed by atoms with Crippen LogP contribution in [0.5, 0.6) is 5.75 Å². The third-order valence-electron chi connectivity index (χ3n) is 3.42. The molecule has 3 nitrogen and oxygen atoms in total. The number of ether oxygens (including phenoxy) is 1. The van der Waals surface area contributed by atoms with Crippen molar-refractivity contribution in [3.63, 3.8) is 0 Å². The molecule has 0 radical (unpaired) electrons. The van der Waals surface area contributed by atoms with Crippen LogP contribution in [-0.2, 0) is 6.42 Å². The normalized spacial score (nSPS) is 19.4. The average Bonchev–Trinajstić information content (AvgIpc) is 2.46. The van der Waals surface area contributed by atoms with Gasteiger partial charge in [0, 0.05) is 17.7 Å². The maximum Gasteiger partial charge on any atom is 0.141 e. The number of aliphatic hydroxyl groups is 1. The second-order valence-corrected chi connectivity index (χ2v) is 4.76. The van der Waals surface area contributed by atoms with Crippen molar-refractivity contribution in [1.82, 2.24) is 4.98 Å². The van der Waals surface area contributed by atoms with E-state index in [-0.39, 0.29) is 5.92 Å². The van der Waals surface area contributed by atoms with E-state index >= 15 is 0 Å². The lowest BCUT2D eigenvalue weighted by atomic mass is 9.89. The summed E-state index contributed by atoms with van der Waals surface area (Å²) in [5.41, 5.74) is 1.56. The third-order valence-corrected chi connectivity index (χ3v) is 3.42. The summed E-state index contributed by atoms with van der Waals surface area (Å²) in [6.07, 6.45) is 2.57. The van der Waals surface area contributed by atoms with Gasteiger partial charge in [-0.15, -0.1) is 0 Å². The van der Waals surface area contributed by atoms with Gasteiger partial charge in [0.15, 0.2) is 0 Å². The highest BCUT2D eigenvalue weighted by molar-refractivity contribution is 5.35. The Balaban J connectivity index is 1.81. The zero-order valence-corrected chi connectivity index (χ0v) is 10.3. The summed E-state index contributed by atoms with van der Waals surface area (Å²) in [5.74, 6) is 0.343. The minimum atomic E-state index is -0.767. The number of benzene rings is 1. The lowest BCUT2D eigenvalue weighted by Gasteiger charge is -2.28. The van der Waals surface area contributed by atoms with Crippen molar-refractivity contribution in [2.24, 2.45) is 5.92 Å². The lowest BCUT2D eigenvalue weighted by molar-refractivity contribution is 0.0640. The molecule has 2 aromatic rings. The topological polar surface area (TPSA) is 42.4 Å². The van der Waals surface area contributed by atoms with Crippen LogP contribution in [0.3, 0.4) is 0 Å². The number of nitrogens with zero attached hydrogens (tertiary/aromatic N) is 1. The van der Waals surface area contributed by atoms with Crippen molar-refractivity contribution < 1.29 is 14.2 Å². The smallest absolute Gasteiger partial charge is 0.141 e. The summed E-state index contributed by atoms with van der Waals surface area (Å²) in [5, 5.41) is 10.3. The Morgan fingerprint density at radius 3 is 3.00 bits per heavy atom. The minimum Gasteiger partial charge on any atom is -0.493 e. The van der Waals surface area contributed by atoms with Crippen molar-refractivity contribution in [1.29, 1.82) is 0 Å². The highest BCUT2D eigenvalue weighted by Gasteiger charge is 2.27. The second-order valence-electron chi connectivity index (χ2n) is 4.76. The first-order valence-electron chi connectivity index (χ1n) is 6.23. The Bertz CT molecular complexity index is 588. The van der Waals surface area contributed by atoms with E-state index in [0.717, 1.165) is 17.5 Å². The van der Waals surface area contributed by atoms with Crippen LogP contribution < -0.4 is 4.74 Å². The van der Waals surface area contributed by atoms with Gasteiger partial charge in [0.05, 0.1) is 18.9 Å². The zero-order valence-electron chi connectivity index (χ0n) is 10.3. The first-order valence-corrected chi connectivity index (χ1v) is 6.23. The van der Waals surface area contributed by atoms with Gasteiger partial charge in [0.1, 0.15) is 11.6 Å². The Morgan fingerprint density at radius 1 is 1.32 bits per heavy atom. The predicted octanol–water partition coefficient (Wildman–Crippen LogP) is 2.51. The summed E-state index contributed by atoms with van der Waals surface area (Å²) in [6.45, 7) is 0.425. The van der Waals surface area contributed by atoms with Gasteiger partial charge < -0.3 is 9.84 Å². The van der Waals surface area contributed by atoms with Gasteiger partial charge in [-0.05, 0) is 24.1 Å². The zero-order chi connectivity index (χ0) is 13.2. The van der Waals surface area contributed by atoms with E-state index < -0.39 is 11.9 Å². The Labute approximate surface area is 110 Å². The molecule has 0 amide bonds. The molecule has 19 heavy (non-hydrogen) atoms. The number of hydrogen-bond donors (Lipinski definition) is 1. The van der Waals surface area contributed by atoms with Gasteiger partial charge in [0.25, 0.3) is 0 Å². The van der Waals surface area contributed by atoms with E-state index in [1.165, 1.54) is 12.3 Å². The van der Waals surface area contributed by atoms with Crippen molar-refractivity contribution in [2.45, 2.75) is 12.5 Å². The number of hydrogen-bond acceptors (Lipinski definition) is 3. The fourth-order valence-corrected chi connectivity index (χ4v) is 2.42. The molecule has 2 heterocycles. The number of pyridine rings is 1. The van der Waals surface area contributed by atoms with E-state index in [1.807, 2.05) is 24.3 Å². The summed E-state index contributed by atoms with van der Waals surface area (Å²) in [6, 6.07) is 9.09. The van der Waals surface area contributed by atoms with Gasteiger partial charge in [-0.25, -0.2) is 4.39 Å². The molecule has 0 saturated carbocycles. The number of halogens is 1. The number of aromatic nitrogens is 1. The van der Waals surface area contributed by atoms with Crippen LogP contribution in [0, 0.1) is 11.7 Å². The Morgan fingerprint density at radius 2 is 2.16 bits per heavy atom. The first kappa shape index (κ1) is 12.1. The van der Waals surface area contributed by atoms with E-state index in [2.05, 4.69) is 4.98 Å². The summed E-state index contributed by atoms with van der Waals surface area (Å²) < 4.78 is 18.8. The lowest BCUT2D eigenvalue weighted by Crippen LogP contribution is -2.26. The molecule has 0 fully saturated rings. The monoisotopic (exact) mass is 259 g/mol. The summed E-state index contributed by atoms with van der Waals surface area (Å²) >= 11 is 0.